The number of aromatic nitrogens is 1. The first-order valence-electron chi connectivity index (χ1n) is 8.26. The van der Waals surface area contributed by atoms with Crippen molar-refractivity contribution in [3.8, 4) is 0 Å². The van der Waals surface area contributed by atoms with Crippen LogP contribution in [-0.2, 0) is 11.2 Å². The van der Waals surface area contributed by atoms with Crippen LogP contribution in [0.3, 0.4) is 0 Å². The number of H-pyrrole nitrogens is 1. The molecule has 0 fully saturated rings. The van der Waals surface area contributed by atoms with Gasteiger partial charge in [0.2, 0.25) is 5.91 Å². The maximum atomic E-state index is 12.8. The van der Waals surface area contributed by atoms with Gasteiger partial charge >= 0.3 is 0 Å². The molecule has 1 aliphatic heterocycles. The summed E-state index contributed by atoms with van der Waals surface area (Å²) in [7, 11) is 1.98. The molecule has 0 radical (unpaired) electrons. The largest absolute Gasteiger partial charge is 0.394 e. The minimum absolute atomic E-state index is 0.0162. The van der Waals surface area contributed by atoms with Crippen LogP contribution >= 0.6 is 0 Å². The number of anilines is 1. The summed E-state index contributed by atoms with van der Waals surface area (Å²) in [5.74, 6) is 0.147. The lowest BCUT2D eigenvalue weighted by Gasteiger charge is -2.34. The van der Waals surface area contributed by atoms with E-state index in [0.717, 1.165) is 24.0 Å². The SMILES string of the molecule is CC(C)C1C(=O)N[C@H](CO)CCc2c[nH]c3cccc(c23)N1C. The lowest BCUT2D eigenvalue weighted by Crippen LogP contribution is -2.52. The molecule has 0 spiro atoms. The Morgan fingerprint density at radius 2 is 2.17 bits per heavy atom. The average molecular weight is 315 g/mol. The summed E-state index contributed by atoms with van der Waals surface area (Å²) in [6.45, 7) is 4.08. The van der Waals surface area contributed by atoms with E-state index in [0.29, 0.717) is 0 Å². The molecule has 2 aromatic rings. The molecule has 0 saturated heterocycles. The monoisotopic (exact) mass is 315 g/mol. The highest BCUT2D eigenvalue weighted by Gasteiger charge is 2.30. The number of aromatic amines is 1. The predicted molar refractivity (Wildman–Crippen MR) is 92.7 cm³/mol. The van der Waals surface area contributed by atoms with Gasteiger partial charge in [-0.1, -0.05) is 19.9 Å². The van der Waals surface area contributed by atoms with Gasteiger partial charge in [0.1, 0.15) is 6.04 Å². The topological polar surface area (TPSA) is 68.4 Å². The fraction of sp³-hybridized carbons (Fsp3) is 0.500. The van der Waals surface area contributed by atoms with Crippen LogP contribution in [0, 0.1) is 5.92 Å². The van der Waals surface area contributed by atoms with E-state index in [9.17, 15) is 9.90 Å². The third-order valence-electron chi connectivity index (χ3n) is 4.79. The summed E-state index contributed by atoms with van der Waals surface area (Å²) in [4.78, 5) is 18.2. The van der Waals surface area contributed by atoms with Crippen LogP contribution in [0.25, 0.3) is 10.9 Å². The van der Waals surface area contributed by atoms with Gasteiger partial charge < -0.3 is 20.3 Å². The number of nitrogens with one attached hydrogen (secondary N) is 2. The van der Waals surface area contributed by atoms with Crippen molar-refractivity contribution in [1.29, 1.82) is 0 Å². The smallest absolute Gasteiger partial charge is 0.243 e. The van der Waals surface area contributed by atoms with Crippen molar-refractivity contribution >= 4 is 22.5 Å². The second kappa shape index (κ2) is 6.24. The van der Waals surface area contributed by atoms with E-state index < -0.39 is 0 Å². The second-order valence-corrected chi connectivity index (χ2v) is 6.74. The Morgan fingerprint density at radius 3 is 2.87 bits per heavy atom. The molecule has 5 heteroatoms. The molecular formula is C18H25N3O2. The maximum absolute atomic E-state index is 12.8. The van der Waals surface area contributed by atoms with E-state index in [-0.39, 0.29) is 30.5 Å². The Bertz CT molecular complexity index is 707. The van der Waals surface area contributed by atoms with Gasteiger partial charge in [-0.3, -0.25) is 4.79 Å². The minimum atomic E-state index is -0.268. The summed E-state index contributed by atoms with van der Waals surface area (Å²) in [5.41, 5.74) is 3.41. The molecule has 0 bridgehead atoms. The van der Waals surface area contributed by atoms with E-state index in [4.69, 9.17) is 0 Å². The van der Waals surface area contributed by atoms with Crippen molar-refractivity contribution in [3.05, 3.63) is 30.0 Å². The molecule has 1 unspecified atom stereocenters. The first kappa shape index (κ1) is 15.9. The Kier molecular flexibility index (Phi) is 4.31. The number of rotatable bonds is 2. The molecule has 23 heavy (non-hydrogen) atoms. The third kappa shape index (κ3) is 2.81. The third-order valence-corrected chi connectivity index (χ3v) is 4.79. The highest BCUT2D eigenvalue weighted by atomic mass is 16.3. The van der Waals surface area contributed by atoms with Crippen LogP contribution in [0.1, 0.15) is 25.8 Å². The van der Waals surface area contributed by atoms with Gasteiger partial charge in [-0.2, -0.15) is 0 Å². The Labute approximate surface area is 136 Å². The lowest BCUT2D eigenvalue weighted by atomic mass is 9.96. The zero-order chi connectivity index (χ0) is 16.6. The minimum Gasteiger partial charge on any atom is -0.394 e. The first-order valence-corrected chi connectivity index (χ1v) is 8.26. The summed E-state index contributed by atoms with van der Waals surface area (Å²) >= 11 is 0. The van der Waals surface area contributed by atoms with Gasteiger partial charge in [0.15, 0.2) is 0 Å². The van der Waals surface area contributed by atoms with Gasteiger partial charge in [0.25, 0.3) is 0 Å². The number of likely N-dealkylation sites (N-methyl/N-ethyl adjacent to an activating group) is 1. The Balaban J connectivity index is 2.16. The van der Waals surface area contributed by atoms with E-state index in [1.54, 1.807) is 0 Å². The molecule has 2 heterocycles. The number of aliphatic hydroxyl groups excluding tert-OH is 1. The van der Waals surface area contributed by atoms with E-state index in [2.05, 4.69) is 41.2 Å². The molecule has 1 aromatic carbocycles. The molecule has 3 N–H and O–H groups in total. The van der Waals surface area contributed by atoms with Crippen molar-refractivity contribution in [2.75, 3.05) is 18.6 Å². The van der Waals surface area contributed by atoms with Gasteiger partial charge in [-0.25, -0.2) is 0 Å². The highest BCUT2D eigenvalue weighted by molar-refractivity contribution is 5.97. The number of carbonyl (C=O) groups excluding carboxylic acids is 1. The van der Waals surface area contributed by atoms with Crippen LogP contribution in [0.4, 0.5) is 5.69 Å². The molecule has 124 valence electrons. The molecule has 2 atom stereocenters. The standard InChI is InChI=1S/C18H25N3O2/c1-11(2)17-18(23)20-13(10-22)8-7-12-9-19-14-5-4-6-15(16(12)14)21(17)3/h4-6,9,11,13,17,19,22H,7-8,10H2,1-3H3,(H,20,23)/t13-,17?/m0/s1. The van der Waals surface area contributed by atoms with Crippen LogP contribution in [0.15, 0.2) is 24.4 Å². The number of carbonyl (C=O) groups is 1. The molecule has 3 rings (SSSR count). The van der Waals surface area contributed by atoms with E-state index >= 15 is 0 Å². The quantitative estimate of drug-likeness (QED) is 0.794. The number of benzene rings is 1. The van der Waals surface area contributed by atoms with Crippen molar-refractivity contribution in [1.82, 2.24) is 10.3 Å². The fourth-order valence-corrected chi connectivity index (χ4v) is 3.63. The fourth-order valence-electron chi connectivity index (χ4n) is 3.63. The normalized spacial score (nSPS) is 22.5. The molecule has 0 saturated carbocycles. The van der Waals surface area contributed by atoms with Gasteiger partial charge in [0.05, 0.1) is 12.6 Å². The van der Waals surface area contributed by atoms with Crippen LogP contribution in [0.2, 0.25) is 0 Å². The summed E-state index contributed by atoms with van der Waals surface area (Å²) in [5, 5.41) is 13.8. The number of amides is 1. The average Bonchev–Trinajstić information content (AvgIpc) is 2.93. The van der Waals surface area contributed by atoms with Gasteiger partial charge in [-0.15, -0.1) is 0 Å². The van der Waals surface area contributed by atoms with Crippen molar-refractivity contribution in [2.45, 2.75) is 38.8 Å². The number of hydrogen-bond acceptors (Lipinski definition) is 3. The Hall–Kier alpha value is -2.01. The molecular weight excluding hydrogens is 290 g/mol. The number of aliphatic hydroxyl groups is 1. The highest BCUT2D eigenvalue weighted by Crippen LogP contribution is 2.33. The molecule has 1 amide bonds. The van der Waals surface area contributed by atoms with Crippen molar-refractivity contribution in [2.24, 2.45) is 5.92 Å². The Morgan fingerprint density at radius 1 is 1.39 bits per heavy atom. The van der Waals surface area contributed by atoms with Crippen LogP contribution in [0.5, 0.6) is 0 Å². The lowest BCUT2D eigenvalue weighted by molar-refractivity contribution is -0.124. The maximum Gasteiger partial charge on any atom is 0.243 e. The molecule has 0 aliphatic carbocycles. The summed E-state index contributed by atoms with van der Waals surface area (Å²) in [6, 6.07) is 5.69. The molecule has 1 aromatic heterocycles. The second-order valence-electron chi connectivity index (χ2n) is 6.74. The van der Waals surface area contributed by atoms with Gasteiger partial charge in [-0.05, 0) is 36.5 Å². The molecule has 5 nitrogen and oxygen atoms in total. The number of aryl methyl sites for hydroxylation is 1. The zero-order valence-electron chi connectivity index (χ0n) is 14.0. The molecule has 1 aliphatic rings. The van der Waals surface area contributed by atoms with Crippen molar-refractivity contribution in [3.63, 3.8) is 0 Å². The van der Waals surface area contributed by atoms with Crippen molar-refractivity contribution < 1.29 is 9.90 Å². The van der Waals surface area contributed by atoms with E-state index in [1.165, 1.54) is 10.9 Å². The number of nitrogens with zero attached hydrogens (tertiary/aromatic N) is 1. The number of hydrogen-bond donors (Lipinski definition) is 3. The predicted octanol–water partition coefficient (Wildman–Crippen LogP) is 2.05. The van der Waals surface area contributed by atoms with Crippen LogP contribution < -0.4 is 10.2 Å². The van der Waals surface area contributed by atoms with E-state index in [1.807, 2.05) is 19.3 Å². The summed E-state index contributed by atoms with van der Waals surface area (Å²) in [6.07, 6.45) is 3.60. The van der Waals surface area contributed by atoms with Crippen LogP contribution in [-0.4, -0.2) is 41.7 Å². The first-order chi connectivity index (χ1) is 11.0. The summed E-state index contributed by atoms with van der Waals surface area (Å²) < 4.78 is 0. The van der Waals surface area contributed by atoms with Gasteiger partial charge in [0, 0.05) is 29.8 Å². The zero-order valence-corrected chi connectivity index (χ0v) is 14.0.